The molecule has 1 aliphatic rings. The highest BCUT2D eigenvalue weighted by Crippen LogP contribution is 2.34. The van der Waals surface area contributed by atoms with E-state index in [0.29, 0.717) is 22.2 Å². The average molecular weight is 437 g/mol. The highest BCUT2D eigenvalue weighted by Gasteiger charge is 2.39. The number of nitrogens with zero attached hydrogens (tertiary/aromatic N) is 1. The molecule has 0 bridgehead atoms. The maximum atomic E-state index is 13.2. The fourth-order valence-corrected chi connectivity index (χ4v) is 4.25. The Morgan fingerprint density at radius 1 is 0.967 bits per heavy atom. The molecule has 1 aliphatic heterocycles. The van der Waals surface area contributed by atoms with Crippen molar-refractivity contribution in [3.05, 3.63) is 92.8 Å². The predicted molar refractivity (Wildman–Crippen MR) is 122 cm³/mol. The normalized spacial score (nSPS) is 14.2. The SMILES string of the molecule is CC(C)c1ccc(NC2=C(c3cccs3)C(=O)N(Cc3ccc(Cl)cc3)C2=O)cc1. The number of amides is 2. The maximum absolute atomic E-state index is 13.2. The molecule has 152 valence electrons. The summed E-state index contributed by atoms with van der Waals surface area (Å²) in [6.07, 6.45) is 0. The first-order chi connectivity index (χ1) is 14.4. The van der Waals surface area contributed by atoms with E-state index >= 15 is 0 Å². The molecule has 3 aromatic rings. The molecule has 2 aromatic carbocycles. The molecule has 4 nitrogen and oxygen atoms in total. The Morgan fingerprint density at radius 3 is 2.27 bits per heavy atom. The highest BCUT2D eigenvalue weighted by atomic mass is 35.5. The van der Waals surface area contributed by atoms with Crippen LogP contribution in [-0.2, 0) is 16.1 Å². The maximum Gasteiger partial charge on any atom is 0.278 e. The number of benzene rings is 2. The van der Waals surface area contributed by atoms with E-state index in [0.717, 1.165) is 16.1 Å². The molecule has 0 saturated heterocycles. The first-order valence-electron chi connectivity index (χ1n) is 9.70. The van der Waals surface area contributed by atoms with Gasteiger partial charge in [-0.25, -0.2) is 0 Å². The standard InChI is InChI=1S/C24H21ClN2O2S/c1-15(2)17-7-11-19(12-8-17)26-22-21(20-4-3-13-30-20)23(28)27(24(22)29)14-16-5-9-18(25)10-6-16/h3-13,15,26H,14H2,1-2H3. The van der Waals surface area contributed by atoms with Gasteiger partial charge in [0, 0.05) is 15.6 Å². The number of anilines is 1. The summed E-state index contributed by atoms with van der Waals surface area (Å²) in [5.74, 6) is -0.200. The van der Waals surface area contributed by atoms with Gasteiger partial charge in [0.25, 0.3) is 11.8 Å². The van der Waals surface area contributed by atoms with Crippen molar-refractivity contribution in [2.45, 2.75) is 26.3 Å². The van der Waals surface area contributed by atoms with Crippen LogP contribution < -0.4 is 5.32 Å². The van der Waals surface area contributed by atoms with Gasteiger partial charge in [0.1, 0.15) is 5.70 Å². The van der Waals surface area contributed by atoms with Crippen molar-refractivity contribution >= 4 is 46.0 Å². The Labute approximate surface area is 184 Å². The number of rotatable bonds is 6. The first kappa shape index (κ1) is 20.4. The second kappa shape index (κ2) is 8.46. The van der Waals surface area contributed by atoms with E-state index in [4.69, 9.17) is 11.6 Å². The molecule has 4 rings (SSSR count). The molecule has 1 aromatic heterocycles. The van der Waals surface area contributed by atoms with Gasteiger partial charge in [-0.2, -0.15) is 0 Å². The van der Waals surface area contributed by atoms with Crippen molar-refractivity contribution in [1.82, 2.24) is 4.90 Å². The molecule has 0 unspecified atom stereocenters. The molecule has 0 aliphatic carbocycles. The Kier molecular flexibility index (Phi) is 5.75. The molecule has 2 heterocycles. The van der Waals surface area contributed by atoms with Gasteiger partial charge in [-0.1, -0.05) is 55.8 Å². The second-order valence-corrected chi connectivity index (χ2v) is 8.84. The first-order valence-corrected chi connectivity index (χ1v) is 11.0. The van der Waals surface area contributed by atoms with Crippen LogP contribution in [0.3, 0.4) is 0 Å². The van der Waals surface area contributed by atoms with E-state index in [-0.39, 0.29) is 18.4 Å². The zero-order valence-electron chi connectivity index (χ0n) is 16.7. The lowest BCUT2D eigenvalue weighted by Crippen LogP contribution is -2.31. The fourth-order valence-electron chi connectivity index (χ4n) is 3.35. The minimum Gasteiger partial charge on any atom is -0.350 e. The molecule has 0 spiro atoms. The molecule has 0 atom stereocenters. The van der Waals surface area contributed by atoms with Gasteiger partial charge in [-0.3, -0.25) is 14.5 Å². The van der Waals surface area contributed by atoms with Crippen molar-refractivity contribution < 1.29 is 9.59 Å². The van der Waals surface area contributed by atoms with Crippen molar-refractivity contribution in [1.29, 1.82) is 0 Å². The van der Waals surface area contributed by atoms with Crippen molar-refractivity contribution in [3.8, 4) is 0 Å². The smallest absolute Gasteiger partial charge is 0.278 e. The monoisotopic (exact) mass is 436 g/mol. The molecule has 2 amide bonds. The Hall–Kier alpha value is -2.89. The average Bonchev–Trinajstić information content (AvgIpc) is 3.33. The van der Waals surface area contributed by atoms with E-state index in [1.54, 1.807) is 12.1 Å². The Bertz CT molecular complexity index is 1100. The van der Waals surface area contributed by atoms with Crippen molar-refractivity contribution in [3.63, 3.8) is 0 Å². The summed E-state index contributed by atoms with van der Waals surface area (Å²) in [6.45, 7) is 4.46. The molecule has 0 radical (unpaired) electrons. The summed E-state index contributed by atoms with van der Waals surface area (Å²) in [4.78, 5) is 28.5. The van der Waals surface area contributed by atoms with Gasteiger partial charge in [0.05, 0.1) is 12.1 Å². The van der Waals surface area contributed by atoms with Crippen LogP contribution in [-0.4, -0.2) is 16.7 Å². The number of thiophene rings is 1. The predicted octanol–water partition coefficient (Wildman–Crippen LogP) is 5.92. The number of nitrogens with one attached hydrogen (secondary N) is 1. The summed E-state index contributed by atoms with van der Waals surface area (Å²) in [5, 5.41) is 5.72. The van der Waals surface area contributed by atoms with Gasteiger partial charge in [-0.05, 0) is 52.8 Å². The van der Waals surface area contributed by atoms with E-state index in [1.165, 1.54) is 21.8 Å². The highest BCUT2D eigenvalue weighted by molar-refractivity contribution is 7.11. The van der Waals surface area contributed by atoms with Gasteiger partial charge in [0.15, 0.2) is 0 Å². The van der Waals surface area contributed by atoms with E-state index < -0.39 is 0 Å². The van der Waals surface area contributed by atoms with Crippen LogP contribution in [0.5, 0.6) is 0 Å². The lowest BCUT2D eigenvalue weighted by molar-refractivity contribution is -0.137. The fraction of sp³-hybridized carbons (Fsp3) is 0.167. The zero-order valence-corrected chi connectivity index (χ0v) is 18.3. The third-order valence-electron chi connectivity index (χ3n) is 5.04. The zero-order chi connectivity index (χ0) is 21.3. The van der Waals surface area contributed by atoms with Crippen LogP contribution >= 0.6 is 22.9 Å². The molecular formula is C24H21ClN2O2S. The number of imide groups is 1. The summed E-state index contributed by atoms with van der Waals surface area (Å²) in [7, 11) is 0. The summed E-state index contributed by atoms with van der Waals surface area (Å²) in [5.41, 5.74) is 3.56. The number of halogens is 1. The van der Waals surface area contributed by atoms with Crippen molar-refractivity contribution in [2.24, 2.45) is 0 Å². The molecule has 6 heteroatoms. The summed E-state index contributed by atoms with van der Waals surface area (Å²) < 4.78 is 0. The van der Waals surface area contributed by atoms with Crippen LogP contribution in [0, 0.1) is 0 Å². The van der Waals surface area contributed by atoms with Crippen LogP contribution in [0.25, 0.3) is 5.57 Å². The third-order valence-corrected chi connectivity index (χ3v) is 6.18. The molecule has 0 saturated carbocycles. The van der Waals surface area contributed by atoms with Crippen LogP contribution in [0.2, 0.25) is 5.02 Å². The van der Waals surface area contributed by atoms with E-state index in [9.17, 15) is 9.59 Å². The minimum absolute atomic E-state index is 0.196. The number of hydrogen-bond donors (Lipinski definition) is 1. The van der Waals surface area contributed by atoms with Crippen molar-refractivity contribution in [2.75, 3.05) is 5.32 Å². The van der Waals surface area contributed by atoms with E-state index in [1.807, 2.05) is 53.9 Å². The molecule has 30 heavy (non-hydrogen) atoms. The third kappa shape index (κ3) is 4.04. The summed E-state index contributed by atoms with van der Waals surface area (Å²) >= 11 is 7.40. The number of hydrogen-bond acceptors (Lipinski definition) is 4. The van der Waals surface area contributed by atoms with Gasteiger partial charge in [0.2, 0.25) is 0 Å². The molecular weight excluding hydrogens is 416 g/mol. The number of carbonyl (C=O) groups is 2. The van der Waals surface area contributed by atoms with Gasteiger partial charge >= 0.3 is 0 Å². The quantitative estimate of drug-likeness (QED) is 0.488. The van der Waals surface area contributed by atoms with Crippen LogP contribution in [0.15, 0.2) is 71.7 Å². The Morgan fingerprint density at radius 2 is 1.67 bits per heavy atom. The van der Waals surface area contributed by atoms with E-state index in [2.05, 4.69) is 19.2 Å². The van der Waals surface area contributed by atoms with Gasteiger partial charge in [-0.15, -0.1) is 11.3 Å². The minimum atomic E-state index is -0.328. The largest absolute Gasteiger partial charge is 0.350 e. The van der Waals surface area contributed by atoms with Crippen LogP contribution in [0.1, 0.15) is 35.8 Å². The lowest BCUT2D eigenvalue weighted by Gasteiger charge is -2.15. The molecule has 1 N–H and O–H groups in total. The topological polar surface area (TPSA) is 49.4 Å². The lowest BCUT2D eigenvalue weighted by atomic mass is 10.0. The van der Waals surface area contributed by atoms with Gasteiger partial charge < -0.3 is 5.32 Å². The Balaban J connectivity index is 1.66. The summed E-state index contributed by atoms with van der Waals surface area (Å²) in [6, 6.07) is 18.8. The number of carbonyl (C=O) groups excluding carboxylic acids is 2. The molecule has 0 fully saturated rings. The van der Waals surface area contributed by atoms with Crippen LogP contribution in [0.4, 0.5) is 5.69 Å². The second-order valence-electron chi connectivity index (χ2n) is 7.45.